The predicted octanol–water partition coefficient (Wildman–Crippen LogP) is 0.951. The Labute approximate surface area is 103 Å². The molecule has 5 heteroatoms. The molecule has 1 aromatic heterocycles. The number of aromatic nitrogens is 2. The van der Waals surface area contributed by atoms with E-state index in [1.165, 1.54) is 5.56 Å². The third-order valence-electron chi connectivity index (χ3n) is 2.36. The van der Waals surface area contributed by atoms with E-state index in [1.807, 2.05) is 38.0 Å². The van der Waals surface area contributed by atoms with Gasteiger partial charge in [-0.15, -0.1) is 0 Å². The molecule has 0 atom stereocenters. The van der Waals surface area contributed by atoms with Crippen LogP contribution in [-0.4, -0.2) is 42.4 Å². The van der Waals surface area contributed by atoms with E-state index in [0.717, 1.165) is 19.5 Å². The predicted molar refractivity (Wildman–Crippen MR) is 66.8 cm³/mol. The number of aryl methyl sites for hydroxylation is 1. The Bertz CT molecular complexity index is 296. The van der Waals surface area contributed by atoms with E-state index in [1.54, 1.807) is 0 Å². The molecule has 0 aliphatic rings. The number of hydrogen-bond donors (Lipinski definition) is 1. The minimum absolute atomic E-state index is 0.140. The van der Waals surface area contributed by atoms with Gasteiger partial charge in [-0.2, -0.15) is 5.10 Å². The van der Waals surface area contributed by atoms with E-state index < -0.39 is 0 Å². The molecule has 98 valence electrons. The fourth-order valence-corrected chi connectivity index (χ4v) is 1.59. The third-order valence-corrected chi connectivity index (χ3v) is 2.36. The molecule has 17 heavy (non-hydrogen) atoms. The van der Waals surface area contributed by atoms with Crippen molar-refractivity contribution in [2.45, 2.75) is 26.6 Å². The molecule has 0 aromatic carbocycles. The van der Waals surface area contributed by atoms with Crippen LogP contribution in [0.15, 0.2) is 12.4 Å². The Kier molecular flexibility index (Phi) is 6.84. The third kappa shape index (κ3) is 5.81. The maximum atomic E-state index is 5.44. The molecule has 0 aliphatic heterocycles. The fraction of sp³-hybridized carbons (Fsp3) is 0.750. The van der Waals surface area contributed by atoms with Gasteiger partial charge in [-0.3, -0.25) is 4.68 Å². The second-order valence-corrected chi connectivity index (χ2v) is 3.82. The van der Waals surface area contributed by atoms with Crippen molar-refractivity contribution in [3.63, 3.8) is 0 Å². The zero-order chi connectivity index (χ0) is 12.5. The summed E-state index contributed by atoms with van der Waals surface area (Å²) in [7, 11) is 1.93. The molecule has 0 aliphatic carbocycles. The van der Waals surface area contributed by atoms with Crippen molar-refractivity contribution < 1.29 is 9.47 Å². The van der Waals surface area contributed by atoms with Crippen LogP contribution in [-0.2, 0) is 22.9 Å². The Morgan fingerprint density at radius 1 is 1.35 bits per heavy atom. The van der Waals surface area contributed by atoms with Gasteiger partial charge in [-0.1, -0.05) is 0 Å². The van der Waals surface area contributed by atoms with Crippen LogP contribution in [0.5, 0.6) is 0 Å². The van der Waals surface area contributed by atoms with Gasteiger partial charge < -0.3 is 14.8 Å². The van der Waals surface area contributed by atoms with Gasteiger partial charge in [-0.05, 0) is 32.4 Å². The van der Waals surface area contributed by atoms with E-state index in [-0.39, 0.29) is 6.29 Å². The van der Waals surface area contributed by atoms with Crippen LogP contribution >= 0.6 is 0 Å². The molecule has 0 bridgehead atoms. The van der Waals surface area contributed by atoms with E-state index in [0.29, 0.717) is 13.2 Å². The number of nitrogens with one attached hydrogen (secondary N) is 1. The maximum Gasteiger partial charge on any atom is 0.169 e. The molecule has 0 saturated heterocycles. The topological polar surface area (TPSA) is 48.3 Å². The SMILES string of the molecule is CCOC(CNCCc1cnn(C)c1)OCC. The number of rotatable bonds is 9. The summed E-state index contributed by atoms with van der Waals surface area (Å²) in [4.78, 5) is 0. The fourth-order valence-electron chi connectivity index (χ4n) is 1.59. The molecular weight excluding hydrogens is 218 g/mol. The Morgan fingerprint density at radius 3 is 2.59 bits per heavy atom. The van der Waals surface area contributed by atoms with Crippen LogP contribution in [0.4, 0.5) is 0 Å². The Morgan fingerprint density at radius 2 is 2.06 bits per heavy atom. The summed E-state index contributed by atoms with van der Waals surface area (Å²) in [6.45, 7) is 6.93. The van der Waals surface area contributed by atoms with Crippen LogP contribution in [0.25, 0.3) is 0 Å². The van der Waals surface area contributed by atoms with Gasteiger partial charge in [0, 0.05) is 33.0 Å². The second-order valence-electron chi connectivity index (χ2n) is 3.82. The van der Waals surface area contributed by atoms with E-state index in [9.17, 15) is 0 Å². The van der Waals surface area contributed by atoms with Crippen molar-refractivity contribution in [2.24, 2.45) is 7.05 Å². The van der Waals surface area contributed by atoms with E-state index in [2.05, 4.69) is 10.4 Å². The van der Waals surface area contributed by atoms with E-state index >= 15 is 0 Å². The highest BCUT2D eigenvalue weighted by molar-refractivity contribution is 5.03. The molecular formula is C12H23N3O2. The van der Waals surface area contributed by atoms with Crippen LogP contribution < -0.4 is 5.32 Å². The number of nitrogens with zero attached hydrogens (tertiary/aromatic N) is 2. The van der Waals surface area contributed by atoms with Crippen LogP contribution in [0.2, 0.25) is 0 Å². The summed E-state index contributed by atoms with van der Waals surface area (Å²) in [6, 6.07) is 0. The lowest BCUT2D eigenvalue weighted by atomic mass is 10.2. The largest absolute Gasteiger partial charge is 0.352 e. The number of hydrogen-bond acceptors (Lipinski definition) is 4. The monoisotopic (exact) mass is 241 g/mol. The highest BCUT2D eigenvalue weighted by Crippen LogP contribution is 1.97. The minimum Gasteiger partial charge on any atom is -0.352 e. The minimum atomic E-state index is -0.140. The standard InChI is InChI=1S/C12H23N3O2/c1-4-16-12(17-5-2)9-13-7-6-11-8-14-15(3)10-11/h8,10,12-13H,4-7,9H2,1-3H3. The van der Waals surface area contributed by atoms with Gasteiger partial charge in [0.15, 0.2) is 6.29 Å². The van der Waals surface area contributed by atoms with Gasteiger partial charge in [0.05, 0.1) is 6.20 Å². The Balaban J connectivity index is 2.13. The van der Waals surface area contributed by atoms with Gasteiger partial charge in [-0.25, -0.2) is 0 Å². The molecule has 0 amide bonds. The molecule has 1 heterocycles. The summed E-state index contributed by atoms with van der Waals surface area (Å²) < 4.78 is 12.7. The average Bonchev–Trinajstić information content (AvgIpc) is 2.71. The van der Waals surface area contributed by atoms with Crippen molar-refractivity contribution in [3.05, 3.63) is 18.0 Å². The van der Waals surface area contributed by atoms with Crippen LogP contribution in [0, 0.1) is 0 Å². The first-order valence-corrected chi connectivity index (χ1v) is 6.17. The lowest BCUT2D eigenvalue weighted by molar-refractivity contribution is -0.132. The van der Waals surface area contributed by atoms with Crippen molar-refractivity contribution >= 4 is 0 Å². The summed E-state index contributed by atoms with van der Waals surface area (Å²) in [5, 5.41) is 7.45. The first kappa shape index (κ1) is 14.2. The molecule has 1 rings (SSSR count). The molecule has 0 fully saturated rings. The van der Waals surface area contributed by atoms with Gasteiger partial charge in [0.25, 0.3) is 0 Å². The summed E-state index contributed by atoms with van der Waals surface area (Å²) >= 11 is 0. The van der Waals surface area contributed by atoms with Crippen molar-refractivity contribution in [2.75, 3.05) is 26.3 Å². The quantitative estimate of drug-likeness (QED) is 0.516. The number of ether oxygens (including phenoxy) is 2. The lowest BCUT2D eigenvalue weighted by Crippen LogP contribution is -2.32. The summed E-state index contributed by atoms with van der Waals surface area (Å²) in [5.74, 6) is 0. The molecule has 0 spiro atoms. The maximum absolute atomic E-state index is 5.44. The summed E-state index contributed by atoms with van der Waals surface area (Å²) in [5.41, 5.74) is 1.24. The first-order valence-electron chi connectivity index (χ1n) is 6.17. The van der Waals surface area contributed by atoms with Crippen LogP contribution in [0.1, 0.15) is 19.4 Å². The van der Waals surface area contributed by atoms with Gasteiger partial charge in [0.1, 0.15) is 0 Å². The molecule has 0 saturated carbocycles. The zero-order valence-corrected chi connectivity index (χ0v) is 11.0. The molecule has 0 unspecified atom stereocenters. The molecule has 5 nitrogen and oxygen atoms in total. The first-order chi connectivity index (χ1) is 8.26. The Hall–Kier alpha value is -0.910. The molecule has 0 radical (unpaired) electrons. The second kappa shape index (κ2) is 8.22. The molecule has 1 aromatic rings. The molecule has 1 N–H and O–H groups in total. The van der Waals surface area contributed by atoms with Gasteiger partial charge in [0.2, 0.25) is 0 Å². The zero-order valence-electron chi connectivity index (χ0n) is 11.0. The van der Waals surface area contributed by atoms with E-state index in [4.69, 9.17) is 9.47 Å². The van der Waals surface area contributed by atoms with Crippen molar-refractivity contribution in [3.8, 4) is 0 Å². The van der Waals surface area contributed by atoms with Gasteiger partial charge >= 0.3 is 0 Å². The average molecular weight is 241 g/mol. The lowest BCUT2D eigenvalue weighted by Gasteiger charge is -2.17. The highest BCUT2D eigenvalue weighted by atomic mass is 16.7. The van der Waals surface area contributed by atoms with Crippen molar-refractivity contribution in [1.82, 2.24) is 15.1 Å². The van der Waals surface area contributed by atoms with Crippen molar-refractivity contribution in [1.29, 1.82) is 0 Å². The highest BCUT2D eigenvalue weighted by Gasteiger charge is 2.06. The van der Waals surface area contributed by atoms with Crippen LogP contribution in [0.3, 0.4) is 0 Å². The smallest absolute Gasteiger partial charge is 0.169 e. The normalized spacial score (nSPS) is 11.3. The summed E-state index contributed by atoms with van der Waals surface area (Å²) in [6.07, 6.45) is 4.76.